The second-order valence-electron chi connectivity index (χ2n) is 6.37. The van der Waals surface area contributed by atoms with Gasteiger partial charge in [-0.15, -0.1) is 0 Å². The number of aryl methyl sites for hydroxylation is 1. The molecule has 2 unspecified atom stereocenters. The normalized spacial score (nSPS) is 25.8. The molecule has 2 atom stereocenters. The first-order valence-electron chi connectivity index (χ1n) is 8.07. The Morgan fingerprint density at radius 1 is 1.33 bits per heavy atom. The lowest BCUT2D eigenvalue weighted by molar-refractivity contribution is 0.187. The summed E-state index contributed by atoms with van der Waals surface area (Å²) in [4.78, 5) is 4.99. The van der Waals surface area contributed by atoms with Crippen molar-refractivity contribution in [3.8, 4) is 0 Å². The number of likely N-dealkylation sites (N-methyl/N-ethyl adjacent to an activating group) is 1. The lowest BCUT2D eigenvalue weighted by Crippen LogP contribution is -2.35. The number of rotatable bonds is 4. The van der Waals surface area contributed by atoms with Crippen LogP contribution in [0.3, 0.4) is 0 Å². The van der Waals surface area contributed by atoms with Gasteiger partial charge >= 0.3 is 0 Å². The molecule has 2 heterocycles. The molecule has 1 saturated heterocycles. The number of fused-ring (bicyclic) bond motifs is 1. The summed E-state index contributed by atoms with van der Waals surface area (Å²) in [5.74, 6) is 1.60. The maximum atomic E-state index is 5.74. The van der Waals surface area contributed by atoms with Gasteiger partial charge in [0.15, 0.2) is 0 Å². The van der Waals surface area contributed by atoms with Gasteiger partial charge in [-0.3, -0.25) is 0 Å². The van der Waals surface area contributed by atoms with Crippen molar-refractivity contribution < 1.29 is 4.74 Å². The van der Waals surface area contributed by atoms with Crippen LogP contribution in [0.5, 0.6) is 0 Å². The van der Waals surface area contributed by atoms with Crippen LogP contribution in [0.2, 0.25) is 0 Å². The van der Waals surface area contributed by atoms with Gasteiger partial charge in [-0.1, -0.05) is 13.0 Å². The second-order valence-corrected chi connectivity index (χ2v) is 6.37. The van der Waals surface area contributed by atoms with Gasteiger partial charge in [-0.05, 0) is 44.0 Å². The molecule has 0 radical (unpaired) electrons. The summed E-state index contributed by atoms with van der Waals surface area (Å²) in [6, 6.07) is 7.67. The van der Waals surface area contributed by atoms with E-state index in [0.29, 0.717) is 18.0 Å². The molecule has 0 amide bonds. The van der Waals surface area contributed by atoms with Crippen LogP contribution in [-0.2, 0) is 4.74 Å². The number of nitrogens with one attached hydrogen (secondary N) is 1. The Morgan fingerprint density at radius 2 is 2.19 bits per heavy atom. The third kappa shape index (κ3) is 2.27. The molecule has 1 aliphatic carbocycles. The fourth-order valence-corrected chi connectivity index (χ4v) is 3.48. The highest BCUT2D eigenvalue weighted by atomic mass is 16.5. The summed E-state index contributed by atoms with van der Waals surface area (Å²) < 4.78 is 8.22. The second kappa shape index (κ2) is 5.11. The highest BCUT2D eigenvalue weighted by Crippen LogP contribution is 2.41. The summed E-state index contributed by atoms with van der Waals surface area (Å²) in [5, 5.41) is 3.56. The van der Waals surface area contributed by atoms with E-state index in [1.165, 1.54) is 29.7 Å². The van der Waals surface area contributed by atoms with Crippen molar-refractivity contribution in [1.82, 2.24) is 14.9 Å². The average molecular weight is 285 g/mol. The van der Waals surface area contributed by atoms with E-state index in [2.05, 4.69) is 41.9 Å². The molecular weight excluding hydrogens is 262 g/mol. The molecule has 4 nitrogen and oxygen atoms in total. The standard InChI is InChI=1S/C17H23N3O/c1-3-18-15-10-21-9-13(15)17-19-14-8-11(2)4-7-16(14)20(17)12-5-6-12/h4,7-8,12-13,15,18H,3,5-6,9-10H2,1-2H3. The highest BCUT2D eigenvalue weighted by molar-refractivity contribution is 5.77. The molecular formula is C17H23N3O. The Labute approximate surface area is 125 Å². The van der Waals surface area contributed by atoms with Gasteiger partial charge in [0.1, 0.15) is 5.82 Å². The topological polar surface area (TPSA) is 39.1 Å². The molecule has 0 bridgehead atoms. The summed E-state index contributed by atoms with van der Waals surface area (Å²) in [6.07, 6.45) is 2.57. The molecule has 4 heteroatoms. The monoisotopic (exact) mass is 285 g/mol. The minimum absolute atomic E-state index is 0.373. The largest absolute Gasteiger partial charge is 0.379 e. The van der Waals surface area contributed by atoms with E-state index in [1.807, 2.05) is 0 Å². The number of nitrogens with zero attached hydrogens (tertiary/aromatic N) is 2. The molecule has 2 aliphatic rings. The molecule has 112 valence electrons. The first kappa shape index (κ1) is 13.3. The third-order valence-corrected chi connectivity index (χ3v) is 4.66. The first-order chi connectivity index (χ1) is 10.3. The van der Waals surface area contributed by atoms with Gasteiger partial charge in [0.25, 0.3) is 0 Å². The number of ether oxygens (including phenoxy) is 1. The zero-order valence-corrected chi connectivity index (χ0v) is 12.8. The minimum atomic E-state index is 0.373. The molecule has 1 N–H and O–H groups in total. The van der Waals surface area contributed by atoms with Crippen LogP contribution in [0.1, 0.15) is 43.1 Å². The quantitative estimate of drug-likeness (QED) is 0.939. The Hall–Kier alpha value is -1.39. The van der Waals surface area contributed by atoms with Crippen molar-refractivity contribution in [2.45, 2.75) is 44.7 Å². The molecule has 21 heavy (non-hydrogen) atoms. The van der Waals surface area contributed by atoms with Crippen LogP contribution in [0.15, 0.2) is 18.2 Å². The van der Waals surface area contributed by atoms with Crippen LogP contribution in [0.25, 0.3) is 11.0 Å². The van der Waals surface area contributed by atoms with Crippen molar-refractivity contribution in [2.24, 2.45) is 0 Å². The number of hydrogen-bond acceptors (Lipinski definition) is 3. The summed E-state index contributed by atoms with van der Waals surface area (Å²) in [7, 11) is 0. The third-order valence-electron chi connectivity index (χ3n) is 4.66. The fraction of sp³-hybridized carbons (Fsp3) is 0.588. The summed E-state index contributed by atoms with van der Waals surface area (Å²) in [5.41, 5.74) is 3.71. The maximum absolute atomic E-state index is 5.74. The zero-order valence-electron chi connectivity index (χ0n) is 12.8. The summed E-state index contributed by atoms with van der Waals surface area (Å²) in [6.45, 7) is 6.85. The van der Waals surface area contributed by atoms with E-state index in [4.69, 9.17) is 9.72 Å². The minimum Gasteiger partial charge on any atom is -0.379 e. The van der Waals surface area contributed by atoms with Gasteiger partial charge in [-0.25, -0.2) is 4.98 Å². The fourth-order valence-electron chi connectivity index (χ4n) is 3.48. The molecule has 1 aliphatic heterocycles. The zero-order chi connectivity index (χ0) is 14.4. The van der Waals surface area contributed by atoms with Gasteiger partial charge in [0.2, 0.25) is 0 Å². The van der Waals surface area contributed by atoms with Crippen molar-refractivity contribution >= 4 is 11.0 Å². The van der Waals surface area contributed by atoms with Gasteiger partial charge < -0.3 is 14.6 Å². The molecule has 4 rings (SSSR count). The number of imidazole rings is 1. The van der Waals surface area contributed by atoms with E-state index in [1.54, 1.807) is 0 Å². The van der Waals surface area contributed by atoms with E-state index < -0.39 is 0 Å². The van der Waals surface area contributed by atoms with Crippen LogP contribution < -0.4 is 5.32 Å². The van der Waals surface area contributed by atoms with Crippen molar-refractivity contribution in [3.05, 3.63) is 29.6 Å². The van der Waals surface area contributed by atoms with Crippen LogP contribution in [-0.4, -0.2) is 35.4 Å². The average Bonchev–Trinajstić information content (AvgIpc) is 3.08. The smallest absolute Gasteiger partial charge is 0.117 e. The molecule has 2 aromatic rings. The Bertz CT molecular complexity index is 659. The molecule has 0 spiro atoms. The summed E-state index contributed by atoms with van der Waals surface area (Å²) >= 11 is 0. The number of hydrogen-bond donors (Lipinski definition) is 1. The molecule has 2 fully saturated rings. The predicted molar refractivity (Wildman–Crippen MR) is 83.8 cm³/mol. The highest BCUT2D eigenvalue weighted by Gasteiger charge is 2.36. The van der Waals surface area contributed by atoms with Gasteiger partial charge in [0.05, 0.1) is 30.2 Å². The molecule has 1 saturated carbocycles. The Morgan fingerprint density at radius 3 is 2.95 bits per heavy atom. The predicted octanol–water partition coefficient (Wildman–Crippen LogP) is 2.77. The maximum Gasteiger partial charge on any atom is 0.117 e. The number of benzene rings is 1. The lowest BCUT2D eigenvalue weighted by Gasteiger charge is -2.19. The van der Waals surface area contributed by atoms with Crippen molar-refractivity contribution in [2.75, 3.05) is 19.8 Å². The van der Waals surface area contributed by atoms with E-state index in [0.717, 1.165) is 25.3 Å². The van der Waals surface area contributed by atoms with Gasteiger partial charge in [-0.2, -0.15) is 0 Å². The lowest BCUT2D eigenvalue weighted by atomic mass is 10.0. The van der Waals surface area contributed by atoms with E-state index >= 15 is 0 Å². The van der Waals surface area contributed by atoms with Gasteiger partial charge in [0, 0.05) is 12.1 Å². The van der Waals surface area contributed by atoms with Crippen LogP contribution >= 0.6 is 0 Å². The Balaban J connectivity index is 1.81. The van der Waals surface area contributed by atoms with Crippen molar-refractivity contribution in [1.29, 1.82) is 0 Å². The van der Waals surface area contributed by atoms with E-state index in [-0.39, 0.29) is 0 Å². The van der Waals surface area contributed by atoms with Crippen LogP contribution in [0.4, 0.5) is 0 Å². The van der Waals surface area contributed by atoms with E-state index in [9.17, 15) is 0 Å². The number of aromatic nitrogens is 2. The SMILES string of the molecule is CCNC1COCC1c1nc2cc(C)ccc2n1C1CC1. The van der Waals surface area contributed by atoms with Crippen molar-refractivity contribution in [3.63, 3.8) is 0 Å². The molecule has 1 aromatic heterocycles. The molecule has 1 aromatic carbocycles. The Kier molecular flexibility index (Phi) is 3.23. The first-order valence-corrected chi connectivity index (χ1v) is 8.07. The van der Waals surface area contributed by atoms with Crippen LogP contribution in [0, 0.1) is 6.92 Å².